The van der Waals surface area contributed by atoms with Gasteiger partial charge in [0.15, 0.2) is 0 Å². The first-order valence-electron chi connectivity index (χ1n) is 5.56. The lowest BCUT2D eigenvalue weighted by Crippen LogP contribution is -2.44. The minimum absolute atomic E-state index is 0.108. The van der Waals surface area contributed by atoms with E-state index in [1.807, 2.05) is 0 Å². The maximum Gasteiger partial charge on any atom is 0.322 e. The normalized spacial score (nSPS) is 13.6. The molecule has 0 aliphatic carbocycles. The molecule has 0 aromatic heterocycles. The molecule has 0 spiro atoms. The molecule has 0 aliphatic rings. The number of carboxylic acid groups (broad SMARTS) is 1. The summed E-state index contributed by atoms with van der Waals surface area (Å²) in [7, 11) is -3.81. The lowest BCUT2D eigenvalue weighted by molar-refractivity contribution is -0.140. The highest BCUT2D eigenvalue weighted by Crippen LogP contribution is 2.15. The molecule has 0 fully saturated rings. The maximum atomic E-state index is 12.1. The molecule has 0 saturated heterocycles. The van der Waals surface area contributed by atoms with Gasteiger partial charge in [-0.25, -0.2) is 8.42 Å². The number of carboxylic acids is 1. The van der Waals surface area contributed by atoms with Crippen LogP contribution < -0.4 is 4.72 Å². The van der Waals surface area contributed by atoms with Crippen molar-refractivity contribution in [2.75, 3.05) is 0 Å². The van der Waals surface area contributed by atoms with Gasteiger partial charge in [0.2, 0.25) is 10.0 Å². The van der Waals surface area contributed by atoms with Crippen LogP contribution in [0, 0.1) is 12.8 Å². The van der Waals surface area contributed by atoms with E-state index in [2.05, 4.69) is 4.72 Å². The van der Waals surface area contributed by atoms with Crippen molar-refractivity contribution in [2.24, 2.45) is 5.92 Å². The summed E-state index contributed by atoms with van der Waals surface area (Å²) in [6, 6.07) is 5.32. The average molecular weight is 271 g/mol. The highest BCUT2D eigenvalue weighted by atomic mass is 32.2. The van der Waals surface area contributed by atoms with Crippen molar-refractivity contribution in [3.63, 3.8) is 0 Å². The molecular formula is C12H17NO4S. The van der Waals surface area contributed by atoms with Gasteiger partial charge < -0.3 is 5.11 Å². The monoisotopic (exact) mass is 271 g/mol. The Bertz CT molecular complexity index is 537. The molecule has 0 bridgehead atoms. The molecule has 1 atom stereocenters. The third kappa shape index (κ3) is 3.30. The van der Waals surface area contributed by atoms with Crippen molar-refractivity contribution >= 4 is 16.0 Å². The van der Waals surface area contributed by atoms with E-state index in [-0.39, 0.29) is 10.8 Å². The second-order valence-corrected chi connectivity index (χ2v) is 6.13. The van der Waals surface area contributed by atoms with Gasteiger partial charge in [0.25, 0.3) is 0 Å². The lowest BCUT2D eigenvalue weighted by atomic mass is 10.1. The Labute approximate surface area is 107 Å². The zero-order valence-electron chi connectivity index (χ0n) is 10.5. The number of carbonyl (C=O) groups is 1. The van der Waals surface area contributed by atoms with Crippen LogP contribution in [0.25, 0.3) is 0 Å². The first-order valence-corrected chi connectivity index (χ1v) is 7.05. The molecule has 1 aromatic carbocycles. The van der Waals surface area contributed by atoms with Crippen LogP contribution in [0.4, 0.5) is 0 Å². The highest BCUT2D eigenvalue weighted by molar-refractivity contribution is 7.89. The van der Waals surface area contributed by atoms with Crippen molar-refractivity contribution in [1.82, 2.24) is 4.72 Å². The molecule has 5 nitrogen and oxygen atoms in total. The Kier molecular flexibility index (Phi) is 4.48. The summed E-state index contributed by atoms with van der Waals surface area (Å²) < 4.78 is 26.4. The van der Waals surface area contributed by atoms with E-state index >= 15 is 0 Å². The number of sulfonamides is 1. The average Bonchev–Trinajstić information content (AvgIpc) is 2.25. The Morgan fingerprint density at radius 3 is 2.28 bits per heavy atom. The molecule has 1 rings (SSSR count). The van der Waals surface area contributed by atoms with Crippen LogP contribution >= 0.6 is 0 Å². The smallest absolute Gasteiger partial charge is 0.322 e. The Balaban J connectivity index is 3.09. The topological polar surface area (TPSA) is 83.5 Å². The predicted molar refractivity (Wildman–Crippen MR) is 67.8 cm³/mol. The first kappa shape index (κ1) is 14.7. The van der Waals surface area contributed by atoms with Crippen molar-refractivity contribution in [1.29, 1.82) is 0 Å². The van der Waals surface area contributed by atoms with Crippen molar-refractivity contribution in [2.45, 2.75) is 31.7 Å². The Hall–Kier alpha value is -1.40. The summed E-state index contributed by atoms with van der Waals surface area (Å²) in [5, 5.41) is 9.00. The van der Waals surface area contributed by atoms with Gasteiger partial charge in [-0.1, -0.05) is 32.0 Å². The quantitative estimate of drug-likeness (QED) is 0.847. The summed E-state index contributed by atoms with van der Waals surface area (Å²) >= 11 is 0. The van der Waals surface area contributed by atoms with E-state index in [4.69, 9.17) is 5.11 Å². The van der Waals surface area contributed by atoms with Gasteiger partial charge in [0.05, 0.1) is 4.90 Å². The fraction of sp³-hybridized carbons (Fsp3) is 0.417. The van der Waals surface area contributed by atoms with Crippen LogP contribution in [0.5, 0.6) is 0 Å². The Morgan fingerprint density at radius 1 is 1.28 bits per heavy atom. The van der Waals surface area contributed by atoms with E-state index < -0.39 is 22.0 Å². The van der Waals surface area contributed by atoms with Crippen LogP contribution in [0.1, 0.15) is 19.4 Å². The molecule has 100 valence electrons. The number of aryl methyl sites for hydroxylation is 1. The maximum absolute atomic E-state index is 12.1. The van der Waals surface area contributed by atoms with Gasteiger partial charge in [0.1, 0.15) is 6.04 Å². The molecular weight excluding hydrogens is 254 g/mol. The van der Waals surface area contributed by atoms with Gasteiger partial charge in [0, 0.05) is 0 Å². The van der Waals surface area contributed by atoms with E-state index in [9.17, 15) is 13.2 Å². The van der Waals surface area contributed by atoms with Crippen molar-refractivity contribution in [3.05, 3.63) is 29.8 Å². The number of nitrogens with one attached hydrogen (secondary N) is 1. The molecule has 1 aromatic rings. The number of benzene rings is 1. The van der Waals surface area contributed by atoms with Crippen LogP contribution in [0.3, 0.4) is 0 Å². The van der Waals surface area contributed by atoms with Gasteiger partial charge in [-0.15, -0.1) is 0 Å². The van der Waals surface area contributed by atoms with Crippen molar-refractivity contribution in [3.8, 4) is 0 Å². The van der Waals surface area contributed by atoms with E-state index in [1.165, 1.54) is 6.07 Å². The van der Waals surface area contributed by atoms with Crippen molar-refractivity contribution < 1.29 is 18.3 Å². The van der Waals surface area contributed by atoms with Gasteiger partial charge in [-0.3, -0.25) is 4.79 Å². The number of hydrogen-bond donors (Lipinski definition) is 2. The van der Waals surface area contributed by atoms with Crippen LogP contribution in [0.15, 0.2) is 29.2 Å². The minimum Gasteiger partial charge on any atom is -0.480 e. The lowest BCUT2D eigenvalue weighted by Gasteiger charge is -2.18. The number of aliphatic carboxylic acids is 1. The molecule has 0 saturated carbocycles. The van der Waals surface area contributed by atoms with Crippen LogP contribution in [-0.2, 0) is 14.8 Å². The fourth-order valence-corrected chi connectivity index (χ4v) is 3.14. The largest absolute Gasteiger partial charge is 0.480 e. The summed E-state index contributed by atoms with van der Waals surface area (Å²) in [6.45, 7) is 4.97. The summed E-state index contributed by atoms with van der Waals surface area (Å²) in [4.78, 5) is 11.1. The first-order chi connectivity index (χ1) is 8.25. The number of rotatable bonds is 5. The second kappa shape index (κ2) is 5.49. The Morgan fingerprint density at radius 2 is 1.83 bits per heavy atom. The predicted octanol–water partition coefficient (Wildman–Crippen LogP) is 1.38. The van der Waals surface area contributed by atoms with E-state index in [1.54, 1.807) is 39.0 Å². The molecule has 0 radical (unpaired) electrons. The SMILES string of the molecule is Cc1ccccc1S(=O)(=O)NC(C(=O)O)C(C)C. The van der Waals surface area contributed by atoms with Crippen LogP contribution in [-0.4, -0.2) is 25.5 Å². The molecule has 0 heterocycles. The zero-order valence-corrected chi connectivity index (χ0v) is 11.4. The van der Waals surface area contributed by atoms with Gasteiger partial charge >= 0.3 is 5.97 Å². The number of hydrogen-bond acceptors (Lipinski definition) is 3. The molecule has 0 amide bonds. The summed E-state index contributed by atoms with van der Waals surface area (Å²) in [6.07, 6.45) is 0. The van der Waals surface area contributed by atoms with Gasteiger partial charge in [-0.2, -0.15) is 4.72 Å². The molecule has 2 N–H and O–H groups in total. The molecule has 6 heteroatoms. The van der Waals surface area contributed by atoms with Crippen LogP contribution in [0.2, 0.25) is 0 Å². The van der Waals surface area contributed by atoms with Gasteiger partial charge in [-0.05, 0) is 24.5 Å². The third-order valence-corrected chi connectivity index (χ3v) is 4.20. The van der Waals surface area contributed by atoms with E-state index in [0.717, 1.165) is 0 Å². The molecule has 18 heavy (non-hydrogen) atoms. The fourth-order valence-electron chi connectivity index (χ4n) is 1.56. The standard InChI is InChI=1S/C12H17NO4S/c1-8(2)11(12(14)15)13-18(16,17)10-7-5-4-6-9(10)3/h4-8,11,13H,1-3H3,(H,14,15). The third-order valence-electron chi connectivity index (χ3n) is 2.60. The highest BCUT2D eigenvalue weighted by Gasteiger charge is 2.28. The summed E-state index contributed by atoms with van der Waals surface area (Å²) in [5.41, 5.74) is 0.581. The summed E-state index contributed by atoms with van der Waals surface area (Å²) in [5.74, 6) is -1.51. The van der Waals surface area contributed by atoms with E-state index in [0.29, 0.717) is 5.56 Å². The zero-order chi connectivity index (χ0) is 13.9. The molecule has 1 unspecified atom stereocenters. The minimum atomic E-state index is -3.81. The molecule has 0 aliphatic heterocycles. The second-order valence-electron chi connectivity index (χ2n) is 4.45.